The molecule has 1 aliphatic heterocycles. The Morgan fingerprint density at radius 2 is 2.24 bits per heavy atom. The number of aliphatic carboxylic acids is 1. The van der Waals surface area contributed by atoms with Crippen molar-refractivity contribution in [1.82, 2.24) is 14.9 Å². The first-order valence-electron chi connectivity index (χ1n) is 7.56. The number of fused-ring (bicyclic) bond motifs is 1. The number of hydrogen-bond acceptors (Lipinski definition) is 3. The van der Waals surface area contributed by atoms with Gasteiger partial charge in [-0.25, -0.2) is 4.98 Å². The van der Waals surface area contributed by atoms with Crippen LogP contribution in [-0.2, 0) is 11.8 Å². The van der Waals surface area contributed by atoms with Crippen LogP contribution < -0.4 is 5.32 Å². The maximum absolute atomic E-state index is 11.1. The van der Waals surface area contributed by atoms with Crippen molar-refractivity contribution in [2.24, 2.45) is 13.0 Å². The minimum Gasteiger partial charge on any atom is -0.481 e. The fourth-order valence-electron chi connectivity index (χ4n) is 3.34. The molecule has 5 heteroatoms. The summed E-state index contributed by atoms with van der Waals surface area (Å²) < 4.78 is 2.19. The number of carboxylic acid groups (broad SMARTS) is 1. The Morgan fingerprint density at radius 1 is 1.43 bits per heavy atom. The number of rotatable bonds is 3. The van der Waals surface area contributed by atoms with E-state index in [0.29, 0.717) is 18.9 Å². The summed E-state index contributed by atoms with van der Waals surface area (Å²) in [5.74, 6) is 0.827. The van der Waals surface area contributed by atoms with Crippen molar-refractivity contribution >= 4 is 17.0 Å². The van der Waals surface area contributed by atoms with E-state index in [1.54, 1.807) is 0 Å². The van der Waals surface area contributed by atoms with Gasteiger partial charge < -0.3 is 15.0 Å². The monoisotopic (exact) mass is 285 g/mol. The highest BCUT2D eigenvalue weighted by molar-refractivity contribution is 5.77. The van der Waals surface area contributed by atoms with Gasteiger partial charge in [0.05, 0.1) is 17.0 Å². The fraction of sp³-hybridized carbons (Fsp3) is 0.500. The van der Waals surface area contributed by atoms with E-state index >= 15 is 0 Å². The van der Waals surface area contributed by atoms with Crippen LogP contribution in [0.15, 0.2) is 18.2 Å². The van der Waals surface area contributed by atoms with Gasteiger partial charge in [-0.1, -0.05) is 6.07 Å². The van der Waals surface area contributed by atoms with Gasteiger partial charge in [0.1, 0.15) is 5.82 Å². The Morgan fingerprint density at radius 3 is 2.90 bits per heavy atom. The summed E-state index contributed by atoms with van der Waals surface area (Å²) in [6.07, 6.45) is 3.14. The van der Waals surface area contributed by atoms with Crippen LogP contribution in [0, 0.1) is 5.92 Å². The lowest BCUT2D eigenvalue weighted by molar-refractivity contribution is -0.141. The highest BCUT2D eigenvalue weighted by Gasteiger charge is 2.31. The van der Waals surface area contributed by atoms with Crippen LogP contribution in [0.25, 0.3) is 11.0 Å². The lowest BCUT2D eigenvalue weighted by Gasteiger charge is -2.10. The number of aryl methyl sites for hydroxylation is 1. The topological polar surface area (TPSA) is 67.2 Å². The second-order valence-electron chi connectivity index (χ2n) is 6.28. The van der Waals surface area contributed by atoms with Crippen molar-refractivity contribution in [3.8, 4) is 0 Å². The predicted octanol–water partition coefficient (Wildman–Crippen LogP) is 2.19. The third-order valence-corrected chi connectivity index (χ3v) is 4.76. The molecular formula is C16H19N3O2. The molecule has 0 bridgehead atoms. The quantitative estimate of drug-likeness (QED) is 0.907. The average molecular weight is 285 g/mol. The van der Waals surface area contributed by atoms with Crippen LogP contribution in [0.2, 0.25) is 0 Å². The van der Waals surface area contributed by atoms with Gasteiger partial charge in [-0.3, -0.25) is 4.79 Å². The zero-order chi connectivity index (χ0) is 14.6. The molecule has 2 atom stereocenters. The molecule has 2 aliphatic rings. The Balaban J connectivity index is 1.66. The average Bonchev–Trinajstić information content (AvgIpc) is 3.09. The molecule has 21 heavy (non-hydrogen) atoms. The Hall–Kier alpha value is -1.88. The molecule has 2 fully saturated rings. The highest BCUT2D eigenvalue weighted by Crippen LogP contribution is 2.40. The number of nitrogens with one attached hydrogen (secondary N) is 1. The Labute approximate surface area is 123 Å². The van der Waals surface area contributed by atoms with E-state index in [2.05, 4.69) is 35.1 Å². The molecule has 110 valence electrons. The fourth-order valence-corrected chi connectivity index (χ4v) is 3.34. The number of carboxylic acids is 1. The summed E-state index contributed by atoms with van der Waals surface area (Å²) in [6, 6.07) is 6.45. The minimum absolute atomic E-state index is 0.127. The summed E-state index contributed by atoms with van der Waals surface area (Å²) in [6.45, 7) is 0.549. The van der Waals surface area contributed by atoms with E-state index in [4.69, 9.17) is 10.1 Å². The van der Waals surface area contributed by atoms with Gasteiger partial charge in [-0.2, -0.15) is 0 Å². The molecule has 1 saturated heterocycles. The smallest absolute Gasteiger partial charge is 0.307 e. The molecule has 0 spiro atoms. The van der Waals surface area contributed by atoms with Crippen LogP contribution in [0.5, 0.6) is 0 Å². The molecular weight excluding hydrogens is 266 g/mol. The SMILES string of the molecule is Cn1c(C2CC2)nc2cc(C3CC(C(=O)O)CN3)ccc21. The summed E-state index contributed by atoms with van der Waals surface area (Å²) in [4.78, 5) is 15.8. The molecule has 2 unspecified atom stereocenters. The second-order valence-corrected chi connectivity index (χ2v) is 6.28. The lowest BCUT2D eigenvalue weighted by Crippen LogP contribution is -2.17. The first kappa shape index (κ1) is 12.8. The number of benzene rings is 1. The number of aromatic nitrogens is 2. The molecule has 2 heterocycles. The second kappa shape index (κ2) is 4.56. The number of carbonyl (C=O) groups is 1. The Bertz CT molecular complexity index is 718. The zero-order valence-electron chi connectivity index (χ0n) is 12.0. The minimum atomic E-state index is -0.708. The summed E-state index contributed by atoms with van der Waals surface area (Å²) in [5, 5.41) is 12.4. The van der Waals surface area contributed by atoms with E-state index in [9.17, 15) is 4.79 Å². The van der Waals surface area contributed by atoms with Gasteiger partial charge in [-0.05, 0) is 37.0 Å². The van der Waals surface area contributed by atoms with Crippen LogP contribution in [0.1, 0.15) is 42.6 Å². The zero-order valence-corrected chi connectivity index (χ0v) is 12.0. The number of nitrogens with zero attached hydrogens (tertiary/aromatic N) is 2. The van der Waals surface area contributed by atoms with E-state index in [-0.39, 0.29) is 12.0 Å². The largest absolute Gasteiger partial charge is 0.481 e. The first-order chi connectivity index (χ1) is 10.1. The molecule has 0 radical (unpaired) electrons. The van der Waals surface area contributed by atoms with Crippen LogP contribution in [-0.4, -0.2) is 27.2 Å². The number of hydrogen-bond donors (Lipinski definition) is 2. The number of imidazole rings is 1. The van der Waals surface area contributed by atoms with Crippen molar-refractivity contribution in [1.29, 1.82) is 0 Å². The van der Waals surface area contributed by atoms with E-state index in [1.807, 2.05) is 0 Å². The third kappa shape index (κ3) is 2.12. The van der Waals surface area contributed by atoms with Crippen LogP contribution in [0.3, 0.4) is 0 Å². The van der Waals surface area contributed by atoms with E-state index in [0.717, 1.165) is 16.6 Å². The van der Waals surface area contributed by atoms with Gasteiger partial charge in [0.2, 0.25) is 0 Å². The van der Waals surface area contributed by atoms with Crippen LogP contribution >= 0.6 is 0 Å². The summed E-state index contributed by atoms with van der Waals surface area (Å²) in [7, 11) is 2.08. The van der Waals surface area contributed by atoms with Crippen LogP contribution in [0.4, 0.5) is 0 Å². The third-order valence-electron chi connectivity index (χ3n) is 4.76. The maximum atomic E-state index is 11.1. The standard InChI is InChI=1S/C16H19N3O2/c1-19-14-5-4-10(12-7-11(8-17-12)16(20)21)6-13(14)18-15(19)9-2-3-9/h4-6,9,11-12,17H,2-3,7-8H2,1H3,(H,20,21). The van der Waals surface area contributed by atoms with Gasteiger partial charge >= 0.3 is 5.97 Å². The first-order valence-corrected chi connectivity index (χ1v) is 7.56. The Kier molecular flexibility index (Phi) is 2.79. The molecule has 1 saturated carbocycles. The van der Waals surface area contributed by atoms with Gasteiger partial charge in [0, 0.05) is 25.6 Å². The molecule has 0 amide bonds. The van der Waals surface area contributed by atoms with Crippen molar-refractivity contribution in [3.05, 3.63) is 29.6 Å². The highest BCUT2D eigenvalue weighted by atomic mass is 16.4. The van der Waals surface area contributed by atoms with Crippen molar-refractivity contribution in [2.45, 2.75) is 31.2 Å². The molecule has 1 aromatic carbocycles. The molecule has 2 N–H and O–H groups in total. The molecule has 2 aromatic rings. The van der Waals surface area contributed by atoms with Crippen molar-refractivity contribution in [2.75, 3.05) is 6.54 Å². The lowest BCUT2D eigenvalue weighted by atomic mass is 10.00. The summed E-state index contributed by atoms with van der Waals surface area (Å²) in [5.41, 5.74) is 3.33. The maximum Gasteiger partial charge on any atom is 0.307 e. The molecule has 1 aliphatic carbocycles. The summed E-state index contributed by atoms with van der Waals surface area (Å²) >= 11 is 0. The van der Waals surface area contributed by atoms with Crippen molar-refractivity contribution in [3.63, 3.8) is 0 Å². The normalized spacial score (nSPS) is 25.6. The van der Waals surface area contributed by atoms with E-state index in [1.165, 1.54) is 18.7 Å². The van der Waals surface area contributed by atoms with Crippen molar-refractivity contribution < 1.29 is 9.90 Å². The molecule has 1 aromatic heterocycles. The van der Waals surface area contributed by atoms with Gasteiger partial charge in [-0.15, -0.1) is 0 Å². The van der Waals surface area contributed by atoms with Gasteiger partial charge in [0.25, 0.3) is 0 Å². The van der Waals surface area contributed by atoms with Gasteiger partial charge in [0.15, 0.2) is 0 Å². The molecule has 5 nitrogen and oxygen atoms in total. The van der Waals surface area contributed by atoms with E-state index < -0.39 is 5.97 Å². The predicted molar refractivity (Wildman–Crippen MR) is 79.2 cm³/mol. The molecule has 4 rings (SSSR count).